The molecular weight excluding hydrogens is 252 g/mol. The van der Waals surface area contributed by atoms with Crippen LogP contribution in [0.2, 0.25) is 0 Å². The first-order valence-corrected chi connectivity index (χ1v) is 7.59. The lowest BCUT2D eigenvalue weighted by Gasteiger charge is -2.38. The SMILES string of the molecule is c1ccc(C(CN2CCNCC2)N2CCOCC2)nc1. The second-order valence-electron chi connectivity index (χ2n) is 5.47. The summed E-state index contributed by atoms with van der Waals surface area (Å²) in [5, 5.41) is 3.42. The Morgan fingerprint density at radius 1 is 1.15 bits per heavy atom. The maximum absolute atomic E-state index is 5.49. The molecule has 2 saturated heterocycles. The molecule has 0 aliphatic carbocycles. The van der Waals surface area contributed by atoms with Gasteiger partial charge in [0, 0.05) is 52.0 Å². The molecule has 0 amide bonds. The van der Waals surface area contributed by atoms with Crippen molar-refractivity contribution >= 4 is 0 Å². The standard InChI is InChI=1S/C15H24N4O/c1-2-4-17-14(3-1)15(19-9-11-20-12-10-19)13-18-7-5-16-6-8-18/h1-4,15-16H,5-13H2. The van der Waals surface area contributed by atoms with Gasteiger partial charge >= 0.3 is 0 Å². The molecule has 3 rings (SSSR count). The minimum Gasteiger partial charge on any atom is -0.379 e. The van der Waals surface area contributed by atoms with Crippen LogP contribution in [-0.2, 0) is 4.74 Å². The predicted molar refractivity (Wildman–Crippen MR) is 78.7 cm³/mol. The average molecular weight is 276 g/mol. The Kier molecular flexibility index (Phi) is 4.97. The third-order valence-electron chi connectivity index (χ3n) is 4.16. The molecule has 1 N–H and O–H groups in total. The van der Waals surface area contributed by atoms with Gasteiger partial charge in [-0.25, -0.2) is 0 Å². The summed E-state index contributed by atoms with van der Waals surface area (Å²) in [6, 6.07) is 6.62. The van der Waals surface area contributed by atoms with Crippen LogP contribution in [0.5, 0.6) is 0 Å². The summed E-state index contributed by atoms with van der Waals surface area (Å²) in [7, 11) is 0. The van der Waals surface area contributed by atoms with E-state index in [1.54, 1.807) is 0 Å². The fourth-order valence-corrected chi connectivity index (χ4v) is 3.00. The number of pyridine rings is 1. The molecule has 110 valence electrons. The zero-order chi connectivity index (χ0) is 13.6. The second-order valence-corrected chi connectivity index (χ2v) is 5.47. The van der Waals surface area contributed by atoms with Crippen molar-refractivity contribution in [2.75, 3.05) is 59.0 Å². The van der Waals surface area contributed by atoms with Crippen LogP contribution < -0.4 is 5.32 Å². The van der Waals surface area contributed by atoms with Crippen molar-refractivity contribution in [3.8, 4) is 0 Å². The summed E-state index contributed by atoms with van der Waals surface area (Å²) in [5.41, 5.74) is 1.19. The largest absolute Gasteiger partial charge is 0.379 e. The molecule has 1 aromatic heterocycles. The molecule has 1 atom stereocenters. The summed E-state index contributed by atoms with van der Waals surface area (Å²) in [5.74, 6) is 0. The van der Waals surface area contributed by atoms with Crippen LogP contribution in [0.25, 0.3) is 0 Å². The summed E-state index contributed by atoms with van der Waals surface area (Å²) in [4.78, 5) is 9.66. The number of hydrogen-bond donors (Lipinski definition) is 1. The lowest BCUT2D eigenvalue weighted by Crippen LogP contribution is -2.49. The molecule has 2 fully saturated rings. The van der Waals surface area contributed by atoms with Gasteiger partial charge in [0.1, 0.15) is 0 Å². The number of ether oxygens (including phenoxy) is 1. The van der Waals surface area contributed by atoms with E-state index in [-0.39, 0.29) is 0 Å². The van der Waals surface area contributed by atoms with Crippen LogP contribution >= 0.6 is 0 Å². The van der Waals surface area contributed by atoms with Gasteiger partial charge in [0.25, 0.3) is 0 Å². The van der Waals surface area contributed by atoms with E-state index in [1.807, 2.05) is 12.3 Å². The minimum atomic E-state index is 0.387. The van der Waals surface area contributed by atoms with Crippen LogP contribution in [0, 0.1) is 0 Å². The highest BCUT2D eigenvalue weighted by atomic mass is 16.5. The van der Waals surface area contributed by atoms with E-state index >= 15 is 0 Å². The molecule has 0 aromatic carbocycles. The molecule has 2 aliphatic rings. The van der Waals surface area contributed by atoms with Gasteiger partial charge in [0.2, 0.25) is 0 Å². The summed E-state index contributed by atoms with van der Waals surface area (Å²) in [6.45, 7) is 9.21. The number of nitrogens with one attached hydrogen (secondary N) is 1. The van der Waals surface area contributed by atoms with Crippen LogP contribution in [0.1, 0.15) is 11.7 Å². The topological polar surface area (TPSA) is 40.6 Å². The second kappa shape index (κ2) is 7.13. The Labute approximate surface area is 120 Å². The van der Waals surface area contributed by atoms with Gasteiger partial charge in [-0.3, -0.25) is 14.8 Å². The van der Waals surface area contributed by atoms with Crippen LogP contribution in [0.3, 0.4) is 0 Å². The molecule has 0 spiro atoms. The van der Waals surface area contributed by atoms with E-state index in [2.05, 4.69) is 32.2 Å². The lowest BCUT2D eigenvalue weighted by atomic mass is 10.1. The Bertz CT molecular complexity index is 388. The van der Waals surface area contributed by atoms with Crippen molar-refractivity contribution in [1.29, 1.82) is 0 Å². The first kappa shape index (κ1) is 13.9. The van der Waals surface area contributed by atoms with Crippen molar-refractivity contribution in [2.24, 2.45) is 0 Å². The molecule has 5 nitrogen and oxygen atoms in total. The number of aromatic nitrogens is 1. The van der Waals surface area contributed by atoms with Crippen molar-refractivity contribution in [1.82, 2.24) is 20.1 Å². The highest BCUT2D eigenvalue weighted by molar-refractivity contribution is 5.10. The molecule has 2 aliphatic heterocycles. The smallest absolute Gasteiger partial charge is 0.0650 e. The number of nitrogens with zero attached hydrogens (tertiary/aromatic N) is 3. The van der Waals surface area contributed by atoms with Crippen molar-refractivity contribution < 1.29 is 4.74 Å². The first-order chi connectivity index (χ1) is 9.93. The quantitative estimate of drug-likeness (QED) is 0.860. The van der Waals surface area contributed by atoms with Gasteiger partial charge in [-0.05, 0) is 12.1 Å². The van der Waals surface area contributed by atoms with Gasteiger partial charge in [-0.1, -0.05) is 6.07 Å². The van der Waals surface area contributed by atoms with Gasteiger partial charge in [0.15, 0.2) is 0 Å². The van der Waals surface area contributed by atoms with Gasteiger partial charge < -0.3 is 10.1 Å². The van der Waals surface area contributed by atoms with E-state index in [0.29, 0.717) is 6.04 Å². The molecule has 0 radical (unpaired) electrons. The summed E-state index contributed by atoms with van der Waals surface area (Å²) in [6.07, 6.45) is 1.90. The van der Waals surface area contributed by atoms with Crippen LogP contribution in [0.4, 0.5) is 0 Å². The fourth-order valence-electron chi connectivity index (χ4n) is 3.00. The maximum atomic E-state index is 5.49. The molecule has 20 heavy (non-hydrogen) atoms. The first-order valence-electron chi connectivity index (χ1n) is 7.59. The number of hydrogen-bond acceptors (Lipinski definition) is 5. The van der Waals surface area contributed by atoms with Gasteiger partial charge in [-0.15, -0.1) is 0 Å². The number of piperazine rings is 1. The van der Waals surface area contributed by atoms with E-state index < -0.39 is 0 Å². The molecule has 0 saturated carbocycles. The molecule has 5 heteroatoms. The van der Waals surface area contributed by atoms with E-state index in [1.165, 1.54) is 5.69 Å². The van der Waals surface area contributed by atoms with Crippen molar-refractivity contribution in [3.63, 3.8) is 0 Å². The van der Waals surface area contributed by atoms with Crippen LogP contribution in [0.15, 0.2) is 24.4 Å². The molecule has 1 aromatic rings. The Morgan fingerprint density at radius 2 is 1.95 bits per heavy atom. The molecule has 0 bridgehead atoms. The normalized spacial score (nSPS) is 23.6. The molecule has 3 heterocycles. The summed E-state index contributed by atoms with van der Waals surface area (Å²) >= 11 is 0. The Balaban J connectivity index is 1.72. The lowest BCUT2D eigenvalue weighted by molar-refractivity contribution is 0.00570. The highest BCUT2D eigenvalue weighted by Crippen LogP contribution is 2.21. The minimum absolute atomic E-state index is 0.387. The van der Waals surface area contributed by atoms with Crippen molar-refractivity contribution in [2.45, 2.75) is 6.04 Å². The number of rotatable bonds is 4. The molecular formula is C15H24N4O. The zero-order valence-corrected chi connectivity index (χ0v) is 12.0. The Morgan fingerprint density at radius 3 is 2.65 bits per heavy atom. The van der Waals surface area contributed by atoms with E-state index in [4.69, 9.17) is 4.74 Å². The summed E-state index contributed by atoms with van der Waals surface area (Å²) < 4.78 is 5.49. The van der Waals surface area contributed by atoms with Gasteiger partial charge in [-0.2, -0.15) is 0 Å². The maximum Gasteiger partial charge on any atom is 0.0650 e. The average Bonchev–Trinajstić information content (AvgIpc) is 2.55. The fraction of sp³-hybridized carbons (Fsp3) is 0.667. The van der Waals surface area contributed by atoms with E-state index in [9.17, 15) is 0 Å². The monoisotopic (exact) mass is 276 g/mol. The zero-order valence-electron chi connectivity index (χ0n) is 12.0. The molecule has 1 unspecified atom stereocenters. The third kappa shape index (κ3) is 3.55. The van der Waals surface area contributed by atoms with Crippen LogP contribution in [-0.4, -0.2) is 73.8 Å². The van der Waals surface area contributed by atoms with Gasteiger partial charge in [0.05, 0.1) is 24.9 Å². The Hall–Kier alpha value is -1.01. The highest BCUT2D eigenvalue weighted by Gasteiger charge is 2.26. The number of morpholine rings is 1. The predicted octanol–water partition coefficient (Wildman–Crippen LogP) is 0.360. The third-order valence-corrected chi connectivity index (χ3v) is 4.16. The van der Waals surface area contributed by atoms with E-state index in [0.717, 1.165) is 59.0 Å². The van der Waals surface area contributed by atoms with Crippen molar-refractivity contribution in [3.05, 3.63) is 30.1 Å².